The van der Waals surface area contributed by atoms with Crippen molar-refractivity contribution >= 4 is 28.2 Å². The first-order chi connectivity index (χ1) is 10.2. The average Bonchev–Trinajstić information content (AvgIpc) is 2.49. The zero-order valence-corrected chi connectivity index (χ0v) is 10.9. The Balaban J connectivity index is 2.13. The number of aromatic nitrogens is 1. The van der Waals surface area contributed by atoms with Crippen LogP contribution >= 0.6 is 0 Å². The van der Waals surface area contributed by atoms with Gasteiger partial charge in [-0.25, -0.2) is 9.18 Å². The van der Waals surface area contributed by atoms with E-state index < -0.39 is 11.8 Å². The van der Waals surface area contributed by atoms with E-state index in [9.17, 15) is 9.18 Å². The Kier molecular flexibility index (Phi) is 3.23. The third-order valence-corrected chi connectivity index (χ3v) is 3.15. The molecule has 0 aliphatic carbocycles. The molecule has 0 saturated carbocycles. The topological polar surface area (TPSA) is 62.2 Å². The smallest absolute Gasteiger partial charge is 0.337 e. The molecule has 21 heavy (non-hydrogen) atoms. The molecule has 0 bridgehead atoms. The van der Waals surface area contributed by atoms with E-state index in [4.69, 9.17) is 5.11 Å². The number of anilines is 2. The molecule has 1 aromatic heterocycles. The lowest BCUT2D eigenvalue weighted by atomic mass is 10.1. The highest BCUT2D eigenvalue weighted by molar-refractivity contribution is 5.98. The molecular formula is C16H11FN2O2. The van der Waals surface area contributed by atoms with Gasteiger partial charge in [-0.2, -0.15) is 0 Å². The monoisotopic (exact) mass is 282 g/mol. The average molecular weight is 282 g/mol. The van der Waals surface area contributed by atoms with E-state index in [0.717, 1.165) is 10.9 Å². The van der Waals surface area contributed by atoms with E-state index in [1.165, 1.54) is 18.2 Å². The highest BCUT2D eigenvalue weighted by atomic mass is 19.1. The van der Waals surface area contributed by atoms with Gasteiger partial charge < -0.3 is 10.4 Å². The van der Waals surface area contributed by atoms with Crippen LogP contribution in [0.1, 0.15) is 10.4 Å². The summed E-state index contributed by atoms with van der Waals surface area (Å²) < 4.78 is 14.0. The fourth-order valence-electron chi connectivity index (χ4n) is 2.18. The van der Waals surface area contributed by atoms with E-state index in [0.29, 0.717) is 5.69 Å². The Morgan fingerprint density at radius 1 is 1.10 bits per heavy atom. The van der Waals surface area contributed by atoms with Crippen LogP contribution in [0, 0.1) is 5.82 Å². The molecule has 3 rings (SSSR count). The van der Waals surface area contributed by atoms with Crippen LogP contribution in [0.15, 0.2) is 54.7 Å². The lowest BCUT2D eigenvalue weighted by molar-refractivity contribution is 0.0697. The van der Waals surface area contributed by atoms with Gasteiger partial charge in [-0.1, -0.05) is 12.1 Å². The first kappa shape index (κ1) is 13.1. The fraction of sp³-hybridized carbons (Fsp3) is 0. The van der Waals surface area contributed by atoms with Gasteiger partial charge in [-0.15, -0.1) is 0 Å². The van der Waals surface area contributed by atoms with Gasteiger partial charge in [0.25, 0.3) is 0 Å². The maximum absolute atomic E-state index is 14.0. The van der Waals surface area contributed by atoms with Gasteiger partial charge in [0.1, 0.15) is 5.82 Å². The van der Waals surface area contributed by atoms with Crippen LogP contribution in [0.5, 0.6) is 0 Å². The molecule has 0 saturated heterocycles. The molecule has 1 heterocycles. The van der Waals surface area contributed by atoms with Crippen molar-refractivity contribution in [1.82, 2.24) is 4.98 Å². The van der Waals surface area contributed by atoms with Gasteiger partial charge in [-0.05, 0) is 36.4 Å². The van der Waals surface area contributed by atoms with Crippen LogP contribution in [-0.4, -0.2) is 16.1 Å². The van der Waals surface area contributed by atoms with Gasteiger partial charge >= 0.3 is 5.97 Å². The molecule has 0 atom stereocenters. The third-order valence-electron chi connectivity index (χ3n) is 3.15. The Morgan fingerprint density at radius 3 is 2.71 bits per heavy atom. The summed E-state index contributed by atoms with van der Waals surface area (Å²) in [4.78, 5) is 15.4. The Labute approximate surface area is 119 Å². The molecule has 0 fully saturated rings. The molecule has 0 amide bonds. The number of aromatic carboxylic acids is 1. The molecule has 2 N–H and O–H groups in total. The summed E-state index contributed by atoms with van der Waals surface area (Å²) in [6, 6.07) is 12.9. The van der Waals surface area contributed by atoms with Crippen molar-refractivity contribution in [2.24, 2.45) is 0 Å². The number of carboxylic acids is 1. The minimum atomic E-state index is -1.18. The highest BCUT2D eigenvalue weighted by Gasteiger charge is 2.15. The number of hydrogen-bond donors (Lipinski definition) is 2. The van der Waals surface area contributed by atoms with Crippen molar-refractivity contribution in [2.45, 2.75) is 0 Å². The second kappa shape index (κ2) is 5.20. The zero-order valence-electron chi connectivity index (χ0n) is 10.9. The maximum atomic E-state index is 14.0. The zero-order chi connectivity index (χ0) is 14.8. The first-order valence-electron chi connectivity index (χ1n) is 6.29. The van der Waals surface area contributed by atoms with E-state index >= 15 is 0 Å². The van der Waals surface area contributed by atoms with Gasteiger partial charge in [0, 0.05) is 17.3 Å². The summed E-state index contributed by atoms with van der Waals surface area (Å²) in [7, 11) is 0. The SMILES string of the molecule is O=C(O)c1cccc(F)c1Nc1cccc2ncccc12. The third kappa shape index (κ3) is 2.41. The number of benzene rings is 2. The number of fused-ring (bicyclic) bond motifs is 1. The molecule has 104 valence electrons. The quantitative estimate of drug-likeness (QED) is 0.766. The van der Waals surface area contributed by atoms with Gasteiger partial charge in [0.2, 0.25) is 0 Å². The molecule has 0 aliphatic heterocycles. The number of pyridine rings is 1. The standard InChI is InChI=1S/C16H11FN2O2/c17-12-6-1-4-11(16(20)21)15(12)19-14-8-2-7-13-10(14)5-3-9-18-13/h1-9,19H,(H,20,21). The molecule has 5 heteroatoms. The predicted molar refractivity (Wildman–Crippen MR) is 78.4 cm³/mol. The predicted octanol–water partition coefficient (Wildman–Crippen LogP) is 3.82. The van der Waals surface area contributed by atoms with Gasteiger partial charge in [0.05, 0.1) is 16.8 Å². The lowest BCUT2D eigenvalue weighted by Crippen LogP contribution is -2.05. The van der Waals surface area contributed by atoms with Gasteiger partial charge in [-0.3, -0.25) is 4.98 Å². The minimum Gasteiger partial charge on any atom is -0.478 e. The number of carbonyl (C=O) groups is 1. The van der Waals surface area contributed by atoms with E-state index in [1.54, 1.807) is 24.4 Å². The molecule has 0 unspecified atom stereocenters. The maximum Gasteiger partial charge on any atom is 0.337 e. The van der Waals surface area contributed by atoms with Crippen molar-refractivity contribution in [1.29, 1.82) is 0 Å². The number of hydrogen-bond acceptors (Lipinski definition) is 3. The normalized spacial score (nSPS) is 10.5. The number of nitrogens with one attached hydrogen (secondary N) is 1. The molecular weight excluding hydrogens is 271 g/mol. The molecule has 2 aromatic carbocycles. The molecule has 0 aliphatic rings. The van der Waals surface area contributed by atoms with Crippen LogP contribution in [-0.2, 0) is 0 Å². The molecule has 3 aromatic rings. The summed E-state index contributed by atoms with van der Waals surface area (Å²) in [5, 5.41) is 12.8. The van der Waals surface area contributed by atoms with Crippen molar-refractivity contribution in [3.8, 4) is 0 Å². The fourth-order valence-corrected chi connectivity index (χ4v) is 2.18. The second-order valence-electron chi connectivity index (χ2n) is 4.47. The van der Waals surface area contributed by atoms with Crippen LogP contribution in [0.4, 0.5) is 15.8 Å². The number of rotatable bonds is 3. The largest absolute Gasteiger partial charge is 0.478 e. The van der Waals surface area contributed by atoms with Crippen molar-refractivity contribution in [2.75, 3.05) is 5.32 Å². The minimum absolute atomic E-state index is 0.0543. The summed E-state index contributed by atoms with van der Waals surface area (Å²) in [5.74, 6) is -1.80. The van der Waals surface area contributed by atoms with Crippen LogP contribution < -0.4 is 5.32 Å². The first-order valence-corrected chi connectivity index (χ1v) is 6.29. The lowest BCUT2D eigenvalue weighted by Gasteiger charge is -2.12. The van der Waals surface area contributed by atoms with Crippen molar-refractivity contribution in [3.63, 3.8) is 0 Å². The van der Waals surface area contributed by atoms with Crippen LogP contribution in [0.3, 0.4) is 0 Å². The van der Waals surface area contributed by atoms with Crippen LogP contribution in [0.25, 0.3) is 10.9 Å². The Morgan fingerprint density at radius 2 is 1.90 bits per heavy atom. The van der Waals surface area contributed by atoms with Crippen molar-refractivity contribution < 1.29 is 14.3 Å². The number of para-hydroxylation sites is 1. The molecule has 0 spiro atoms. The summed E-state index contributed by atoms with van der Waals surface area (Å²) in [6.45, 7) is 0. The van der Waals surface area contributed by atoms with E-state index in [1.807, 2.05) is 12.1 Å². The summed E-state index contributed by atoms with van der Waals surface area (Å²) >= 11 is 0. The highest BCUT2D eigenvalue weighted by Crippen LogP contribution is 2.28. The van der Waals surface area contributed by atoms with E-state index in [-0.39, 0.29) is 11.3 Å². The summed E-state index contributed by atoms with van der Waals surface area (Å²) in [6.07, 6.45) is 1.66. The number of halogens is 1. The number of carboxylic acid groups (broad SMARTS) is 1. The van der Waals surface area contributed by atoms with E-state index in [2.05, 4.69) is 10.3 Å². The molecule has 0 radical (unpaired) electrons. The molecule has 4 nitrogen and oxygen atoms in total. The van der Waals surface area contributed by atoms with Crippen molar-refractivity contribution in [3.05, 3.63) is 66.1 Å². The Bertz CT molecular complexity index is 828. The second-order valence-corrected chi connectivity index (χ2v) is 4.47. The Hall–Kier alpha value is -2.95. The van der Waals surface area contributed by atoms with Gasteiger partial charge in [0.15, 0.2) is 0 Å². The number of nitrogens with zero attached hydrogens (tertiary/aromatic N) is 1. The summed E-state index contributed by atoms with van der Waals surface area (Å²) in [5.41, 5.74) is 1.18. The van der Waals surface area contributed by atoms with Crippen LogP contribution in [0.2, 0.25) is 0 Å².